The lowest BCUT2D eigenvalue weighted by Gasteiger charge is -2.29. The van der Waals surface area contributed by atoms with Crippen LogP contribution in [0.1, 0.15) is 25.3 Å². The summed E-state index contributed by atoms with van der Waals surface area (Å²) in [6.45, 7) is 5.07. The molecule has 0 amide bonds. The summed E-state index contributed by atoms with van der Waals surface area (Å²) < 4.78 is 5.23. The molecule has 19 heavy (non-hydrogen) atoms. The molecular weight excluding hydrogens is 238 g/mol. The van der Waals surface area contributed by atoms with Crippen molar-refractivity contribution in [3.63, 3.8) is 0 Å². The molecule has 0 aromatic carbocycles. The number of rotatable bonds is 8. The van der Waals surface area contributed by atoms with E-state index in [1.807, 2.05) is 19.3 Å². The van der Waals surface area contributed by atoms with E-state index in [2.05, 4.69) is 28.2 Å². The van der Waals surface area contributed by atoms with Crippen molar-refractivity contribution < 1.29 is 4.74 Å². The standard InChI is InChI=1S/C15H25N3O/c1-12(14-5-6-14)18(8-9-19-3)11-13-4-7-15(16-2)17-10-13/h4,7,10,12,14H,5-6,8-9,11H2,1-3H3,(H,16,17). The predicted molar refractivity (Wildman–Crippen MR) is 78.3 cm³/mol. The molecular formula is C15H25N3O. The molecule has 2 rings (SSSR count). The Hall–Kier alpha value is -1.13. The number of anilines is 1. The largest absolute Gasteiger partial charge is 0.383 e. The highest BCUT2D eigenvalue weighted by molar-refractivity contribution is 5.34. The summed E-state index contributed by atoms with van der Waals surface area (Å²) in [6.07, 6.45) is 4.72. The Morgan fingerprint density at radius 2 is 2.26 bits per heavy atom. The molecule has 1 aromatic rings. The van der Waals surface area contributed by atoms with Crippen molar-refractivity contribution in [1.29, 1.82) is 0 Å². The number of hydrogen-bond donors (Lipinski definition) is 1. The molecule has 1 saturated carbocycles. The molecule has 0 spiro atoms. The summed E-state index contributed by atoms with van der Waals surface area (Å²) in [6, 6.07) is 4.82. The lowest BCUT2D eigenvalue weighted by atomic mass is 10.1. The fourth-order valence-electron chi connectivity index (χ4n) is 2.41. The van der Waals surface area contributed by atoms with E-state index in [-0.39, 0.29) is 0 Å². The zero-order valence-electron chi connectivity index (χ0n) is 12.2. The van der Waals surface area contributed by atoms with Crippen molar-refractivity contribution in [3.05, 3.63) is 23.9 Å². The van der Waals surface area contributed by atoms with Crippen LogP contribution in [-0.2, 0) is 11.3 Å². The zero-order valence-corrected chi connectivity index (χ0v) is 12.2. The number of pyridine rings is 1. The van der Waals surface area contributed by atoms with Gasteiger partial charge in [0.1, 0.15) is 5.82 Å². The van der Waals surface area contributed by atoms with Gasteiger partial charge in [-0.25, -0.2) is 4.98 Å². The summed E-state index contributed by atoms with van der Waals surface area (Å²) in [5, 5.41) is 3.05. The van der Waals surface area contributed by atoms with Crippen LogP contribution in [-0.4, -0.2) is 43.2 Å². The van der Waals surface area contributed by atoms with Gasteiger partial charge in [0.2, 0.25) is 0 Å². The number of hydrogen-bond acceptors (Lipinski definition) is 4. The van der Waals surface area contributed by atoms with Crippen molar-refractivity contribution in [2.24, 2.45) is 5.92 Å². The molecule has 1 atom stereocenters. The molecule has 1 aromatic heterocycles. The molecule has 1 aliphatic carbocycles. The van der Waals surface area contributed by atoms with Gasteiger partial charge in [-0.15, -0.1) is 0 Å². The van der Waals surface area contributed by atoms with Crippen LogP contribution in [0.15, 0.2) is 18.3 Å². The highest BCUT2D eigenvalue weighted by atomic mass is 16.5. The maximum absolute atomic E-state index is 5.23. The van der Waals surface area contributed by atoms with Crippen molar-refractivity contribution in [1.82, 2.24) is 9.88 Å². The molecule has 0 saturated heterocycles. The second-order valence-electron chi connectivity index (χ2n) is 5.34. The van der Waals surface area contributed by atoms with Gasteiger partial charge in [0, 0.05) is 39.5 Å². The molecule has 0 aliphatic heterocycles. The second kappa shape index (κ2) is 6.87. The Labute approximate surface area is 116 Å². The normalized spacial score (nSPS) is 16.6. The SMILES string of the molecule is CNc1ccc(CN(CCOC)C(C)C2CC2)cn1. The Bertz CT molecular complexity index is 375. The third kappa shape index (κ3) is 4.18. The van der Waals surface area contributed by atoms with Gasteiger partial charge in [-0.2, -0.15) is 0 Å². The molecule has 1 N–H and O–H groups in total. The van der Waals surface area contributed by atoms with Crippen molar-refractivity contribution in [3.8, 4) is 0 Å². The van der Waals surface area contributed by atoms with Gasteiger partial charge in [-0.05, 0) is 37.3 Å². The minimum absolute atomic E-state index is 0.638. The summed E-state index contributed by atoms with van der Waals surface area (Å²) in [5.74, 6) is 1.80. The van der Waals surface area contributed by atoms with Crippen LogP contribution in [0.2, 0.25) is 0 Å². The molecule has 1 fully saturated rings. The summed E-state index contributed by atoms with van der Waals surface area (Å²) in [5.41, 5.74) is 1.27. The van der Waals surface area contributed by atoms with Crippen LogP contribution in [0.3, 0.4) is 0 Å². The number of aromatic nitrogens is 1. The van der Waals surface area contributed by atoms with E-state index in [1.54, 1.807) is 7.11 Å². The molecule has 4 nitrogen and oxygen atoms in total. The van der Waals surface area contributed by atoms with E-state index in [0.717, 1.165) is 31.4 Å². The van der Waals surface area contributed by atoms with E-state index in [0.29, 0.717) is 6.04 Å². The molecule has 1 unspecified atom stereocenters. The van der Waals surface area contributed by atoms with E-state index in [1.165, 1.54) is 18.4 Å². The average Bonchev–Trinajstić information content (AvgIpc) is 3.28. The third-order valence-corrected chi connectivity index (χ3v) is 3.93. The Morgan fingerprint density at radius 1 is 1.47 bits per heavy atom. The van der Waals surface area contributed by atoms with Crippen LogP contribution in [0.5, 0.6) is 0 Å². The molecule has 106 valence electrons. The maximum atomic E-state index is 5.23. The molecule has 0 bridgehead atoms. The molecule has 0 radical (unpaired) electrons. The topological polar surface area (TPSA) is 37.4 Å². The van der Waals surface area contributed by atoms with E-state index in [9.17, 15) is 0 Å². The van der Waals surface area contributed by atoms with Gasteiger partial charge in [-0.1, -0.05) is 6.07 Å². The van der Waals surface area contributed by atoms with Crippen LogP contribution in [0.4, 0.5) is 5.82 Å². The van der Waals surface area contributed by atoms with Crippen LogP contribution >= 0.6 is 0 Å². The fourth-order valence-corrected chi connectivity index (χ4v) is 2.41. The number of nitrogens with one attached hydrogen (secondary N) is 1. The molecule has 4 heteroatoms. The maximum Gasteiger partial charge on any atom is 0.125 e. The summed E-state index contributed by atoms with van der Waals surface area (Å²) in [7, 11) is 3.66. The Kier molecular flexibility index (Phi) is 5.16. The number of ether oxygens (including phenoxy) is 1. The quantitative estimate of drug-likeness (QED) is 0.781. The van der Waals surface area contributed by atoms with E-state index >= 15 is 0 Å². The first-order chi connectivity index (χ1) is 9.24. The third-order valence-electron chi connectivity index (χ3n) is 3.93. The first kappa shape index (κ1) is 14.3. The van der Waals surface area contributed by atoms with Gasteiger partial charge < -0.3 is 10.1 Å². The molecule has 1 heterocycles. The Morgan fingerprint density at radius 3 is 2.79 bits per heavy atom. The molecule has 1 aliphatic rings. The monoisotopic (exact) mass is 263 g/mol. The van der Waals surface area contributed by atoms with E-state index in [4.69, 9.17) is 4.74 Å². The van der Waals surface area contributed by atoms with Gasteiger partial charge in [0.05, 0.1) is 6.61 Å². The minimum Gasteiger partial charge on any atom is -0.383 e. The lowest BCUT2D eigenvalue weighted by molar-refractivity contribution is 0.111. The van der Waals surface area contributed by atoms with Crippen LogP contribution < -0.4 is 5.32 Å². The lowest BCUT2D eigenvalue weighted by Crippen LogP contribution is -2.36. The van der Waals surface area contributed by atoms with Crippen LogP contribution in [0.25, 0.3) is 0 Å². The van der Waals surface area contributed by atoms with Gasteiger partial charge in [-0.3, -0.25) is 4.90 Å². The van der Waals surface area contributed by atoms with Gasteiger partial charge >= 0.3 is 0 Å². The Balaban J connectivity index is 1.96. The number of nitrogens with zero attached hydrogens (tertiary/aromatic N) is 2. The second-order valence-corrected chi connectivity index (χ2v) is 5.34. The van der Waals surface area contributed by atoms with Gasteiger partial charge in [0.15, 0.2) is 0 Å². The summed E-state index contributed by atoms with van der Waals surface area (Å²) in [4.78, 5) is 6.89. The fraction of sp³-hybridized carbons (Fsp3) is 0.667. The smallest absolute Gasteiger partial charge is 0.125 e. The minimum atomic E-state index is 0.638. The average molecular weight is 263 g/mol. The van der Waals surface area contributed by atoms with Gasteiger partial charge in [0.25, 0.3) is 0 Å². The van der Waals surface area contributed by atoms with Crippen LogP contribution in [0, 0.1) is 5.92 Å². The van der Waals surface area contributed by atoms with Crippen molar-refractivity contribution in [2.45, 2.75) is 32.4 Å². The first-order valence-electron chi connectivity index (χ1n) is 7.10. The first-order valence-corrected chi connectivity index (χ1v) is 7.10. The summed E-state index contributed by atoms with van der Waals surface area (Å²) >= 11 is 0. The zero-order chi connectivity index (χ0) is 13.7. The predicted octanol–water partition coefficient (Wildman–Crippen LogP) is 2.37. The van der Waals surface area contributed by atoms with E-state index < -0.39 is 0 Å². The number of methoxy groups -OCH3 is 1. The highest BCUT2D eigenvalue weighted by Crippen LogP contribution is 2.35. The highest BCUT2D eigenvalue weighted by Gasteiger charge is 2.31. The van der Waals surface area contributed by atoms with Crippen molar-refractivity contribution >= 4 is 5.82 Å². The van der Waals surface area contributed by atoms with Crippen molar-refractivity contribution in [2.75, 3.05) is 32.6 Å².